The lowest BCUT2D eigenvalue weighted by Gasteiger charge is -2.15. The van der Waals surface area contributed by atoms with Gasteiger partial charge in [0.15, 0.2) is 11.5 Å². The molecule has 1 N–H and O–H groups in total. The van der Waals surface area contributed by atoms with E-state index in [-0.39, 0.29) is 0 Å². The van der Waals surface area contributed by atoms with Crippen LogP contribution in [0.25, 0.3) is 0 Å². The molecule has 0 amide bonds. The number of aryl methyl sites for hydroxylation is 1. The van der Waals surface area contributed by atoms with Gasteiger partial charge in [0.2, 0.25) is 0 Å². The number of hydrogen-bond donors (Lipinski definition) is 1. The van der Waals surface area contributed by atoms with Crippen LogP contribution in [0.3, 0.4) is 0 Å². The fraction of sp³-hybridized carbons (Fsp3) is 0.286. The van der Waals surface area contributed by atoms with Gasteiger partial charge in [-0.2, -0.15) is 0 Å². The summed E-state index contributed by atoms with van der Waals surface area (Å²) in [5, 5.41) is 10.5. The van der Waals surface area contributed by atoms with Crippen LogP contribution in [0.2, 0.25) is 0 Å². The highest BCUT2D eigenvalue weighted by Crippen LogP contribution is 2.39. The zero-order valence-electron chi connectivity index (χ0n) is 10.9. The maximum absolute atomic E-state index is 10.5. The molecule has 0 fully saturated rings. The maximum atomic E-state index is 10.5. The third-order valence-corrected chi connectivity index (χ3v) is 4.57. The normalized spacial score (nSPS) is 12.3. The topological polar surface area (TPSA) is 38.7 Å². The molecule has 0 saturated heterocycles. The van der Waals surface area contributed by atoms with Crippen LogP contribution in [-0.4, -0.2) is 19.3 Å². The second-order valence-corrected chi connectivity index (χ2v) is 6.25. The standard InChI is InChI=1S/C14H15BrO3S/c1-8-4-5-13(19-8)14(16)9-6-11(17-2)12(18-3)7-10(9)15/h4-7,14,16H,1-3H3. The molecule has 1 aromatic heterocycles. The van der Waals surface area contributed by atoms with Crippen LogP contribution < -0.4 is 9.47 Å². The van der Waals surface area contributed by atoms with E-state index in [1.54, 1.807) is 37.7 Å². The van der Waals surface area contributed by atoms with Gasteiger partial charge in [0.25, 0.3) is 0 Å². The van der Waals surface area contributed by atoms with Gasteiger partial charge in [-0.25, -0.2) is 0 Å². The van der Waals surface area contributed by atoms with Crippen LogP contribution >= 0.6 is 27.3 Å². The van der Waals surface area contributed by atoms with Crippen LogP contribution in [0.5, 0.6) is 11.5 Å². The van der Waals surface area contributed by atoms with Crippen LogP contribution in [-0.2, 0) is 0 Å². The van der Waals surface area contributed by atoms with Crippen molar-refractivity contribution in [1.82, 2.24) is 0 Å². The zero-order chi connectivity index (χ0) is 14.0. The highest BCUT2D eigenvalue weighted by molar-refractivity contribution is 9.10. The van der Waals surface area contributed by atoms with Gasteiger partial charge in [-0.3, -0.25) is 0 Å². The quantitative estimate of drug-likeness (QED) is 0.915. The fourth-order valence-corrected chi connectivity index (χ4v) is 3.25. The first-order valence-electron chi connectivity index (χ1n) is 5.72. The minimum Gasteiger partial charge on any atom is -0.493 e. The molecule has 0 radical (unpaired) electrons. The van der Waals surface area contributed by atoms with Gasteiger partial charge >= 0.3 is 0 Å². The van der Waals surface area contributed by atoms with Crippen LogP contribution in [0.4, 0.5) is 0 Å². The molecule has 0 aliphatic rings. The van der Waals surface area contributed by atoms with Gasteiger partial charge in [-0.15, -0.1) is 11.3 Å². The van der Waals surface area contributed by atoms with Gasteiger partial charge in [-0.05, 0) is 31.2 Å². The van der Waals surface area contributed by atoms with Crippen molar-refractivity contribution in [2.45, 2.75) is 13.0 Å². The third-order valence-electron chi connectivity index (χ3n) is 2.83. The summed E-state index contributed by atoms with van der Waals surface area (Å²) in [6, 6.07) is 7.53. The number of aliphatic hydroxyl groups excluding tert-OH is 1. The molecule has 1 unspecified atom stereocenters. The molecule has 5 heteroatoms. The summed E-state index contributed by atoms with van der Waals surface area (Å²) in [4.78, 5) is 2.08. The Morgan fingerprint density at radius 1 is 1.16 bits per heavy atom. The Bertz CT molecular complexity index is 580. The first kappa shape index (κ1) is 14.4. The molecule has 0 aliphatic heterocycles. The van der Waals surface area contributed by atoms with E-state index in [0.29, 0.717) is 11.5 Å². The second kappa shape index (κ2) is 5.94. The number of aliphatic hydroxyl groups is 1. The van der Waals surface area contributed by atoms with Crippen molar-refractivity contribution < 1.29 is 14.6 Å². The van der Waals surface area contributed by atoms with E-state index in [0.717, 1.165) is 14.9 Å². The Kier molecular flexibility index (Phi) is 4.50. The van der Waals surface area contributed by atoms with Crippen molar-refractivity contribution >= 4 is 27.3 Å². The molecule has 0 saturated carbocycles. The predicted octanol–water partition coefficient (Wildman–Crippen LogP) is 3.92. The summed E-state index contributed by atoms with van der Waals surface area (Å²) >= 11 is 5.04. The Morgan fingerprint density at radius 2 is 1.79 bits per heavy atom. The van der Waals surface area contributed by atoms with Gasteiger partial charge < -0.3 is 14.6 Å². The van der Waals surface area contributed by atoms with E-state index in [2.05, 4.69) is 15.9 Å². The Balaban J connectivity index is 2.44. The van der Waals surface area contributed by atoms with Crippen molar-refractivity contribution in [1.29, 1.82) is 0 Å². The van der Waals surface area contributed by atoms with Crippen molar-refractivity contribution in [3.8, 4) is 11.5 Å². The number of methoxy groups -OCH3 is 2. The SMILES string of the molecule is COc1cc(Br)c(C(O)c2ccc(C)s2)cc1OC. The fourth-order valence-electron chi connectivity index (χ4n) is 1.83. The Hall–Kier alpha value is -1.04. The largest absolute Gasteiger partial charge is 0.493 e. The van der Waals surface area contributed by atoms with Gasteiger partial charge in [-0.1, -0.05) is 15.9 Å². The third kappa shape index (κ3) is 2.94. The molecule has 1 heterocycles. The smallest absolute Gasteiger partial charge is 0.161 e. The number of benzene rings is 1. The van der Waals surface area contributed by atoms with E-state index in [1.807, 2.05) is 19.1 Å². The number of rotatable bonds is 4. The molecular weight excluding hydrogens is 328 g/mol. The number of hydrogen-bond acceptors (Lipinski definition) is 4. The monoisotopic (exact) mass is 342 g/mol. The average molecular weight is 343 g/mol. The lowest BCUT2D eigenvalue weighted by molar-refractivity contribution is 0.222. The molecule has 3 nitrogen and oxygen atoms in total. The number of ether oxygens (including phenoxy) is 2. The van der Waals surface area contributed by atoms with Crippen molar-refractivity contribution in [2.75, 3.05) is 14.2 Å². The van der Waals surface area contributed by atoms with Crippen molar-refractivity contribution in [3.63, 3.8) is 0 Å². The molecule has 1 atom stereocenters. The molecule has 1 aromatic carbocycles. The molecule has 19 heavy (non-hydrogen) atoms. The highest BCUT2D eigenvalue weighted by Gasteiger charge is 2.18. The van der Waals surface area contributed by atoms with Crippen LogP contribution in [0.15, 0.2) is 28.7 Å². The number of halogens is 1. The molecule has 0 bridgehead atoms. The number of thiophene rings is 1. The lowest BCUT2D eigenvalue weighted by atomic mass is 10.1. The van der Waals surface area contributed by atoms with Crippen molar-refractivity contribution in [2.24, 2.45) is 0 Å². The summed E-state index contributed by atoms with van der Waals surface area (Å²) in [5.74, 6) is 1.24. The summed E-state index contributed by atoms with van der Waals surface area (Å²) in [6.45, 7) is 2.02. The van der Waals surface area contributed by atoms with Crippen molar-refractivity contribution in [3.05, 3.63) is 44.1 Å². The Labute approximate surface area is 124 Å². The first-order valence-corrected chi connectivity index (χ1v) is 7.33. The summed E-state index contributed by atoms with van der Waals surface area (Å²) < 4.78 is 11.3. The summed E-state index contributed by atoms with van der Waals surface area (Å²) in [7, 11) is 3.17. The molecule has 0 spiro atoms. The van der Waals surface area contributed by atoms with Crippen LogP contribution in [0.1, 0.15) is 21.4 Å². The molecular formula is C14H15BrO3S. The van der Waals surface area contributed by atoms with E-state index in [1.165, 1.54) is 4.88 Å². The molecule has 2 rings (SSSR count). The second-order valence-electron chi connectivity index (χ2n) is 4.08. The van der Waals surface area contributed by atoms with E-state index >= 15 is 0 Å². The minimum absolute atomic E-state index is 0.605. The van der Waals surface area contributed by atoms with E-state index < -0.39 is 6.10 Å². The highest BCUT2D eigenvalue weighted by atomic mass is 79.9. The summed E-state index contributed by atoms with van der Waals surface area (Å²) in [6.07, 6.45) is -0.673. The van der Waals surface area contributed by atoms with E-state index in [9.17, 15) is 5.11 Å². The van der Waals surface area contributed by atoms with Gasteiger partial charge in [0, 0.05) is 19.8 Å². The maximum Gasteiger partial charge on any atom is 0.161 e. The van der Waals surface area contributed by atoms with Gasteiger partial charge in [0.05, 0.1) is 14.2 Å². The molecule has 0 aliphatic carbocycles. The predicted molar refractivity (Wildman–Crippen MR) is 80.4 cm³/mol. The zero-order valence-corrected chi connectivity index (χ0v) is 13.3. The minimum atomic E-state index is -0.673. The van der Waals surface area contributed by atoms with E-state index in [4.69, 9.17) is 9.47 Å². The molecule has 2 aromatic rings. The lowest BCUT2D eigenvalue weighted by Crippen LogP contribution is -2.00. The molecule has 102 valence electrons. The summed E-state index contributed by atoms with van der Waals surface area (Å²) in [5.41, 5.74) is 0.763. The van der Waals surface area contributed by atoms with Crippen LogP contribution in [0, 0.1) is 6.92 Å². The average Bonchev–Trinajstić information content (AvgIpc) is 2.84. The van der Waals surface area contributed by atoms with Gasteiger partial charge in [0.1, 0.15) is 6.10 Å². The first-order chi connectivity index (χ1) is 9.06. The Morgan fingerprint density at radius 3 is 2.32 bits per heavy atom.